The molecule has 0 amide bonds. The van der Waals surface area contributed by atoms with E-state index in [1.807, 2.05) is 43.3 Å². The van der Waals surface area contributed by atoms with Gasteiger partial charge >= 0.3 is 0 Å². The molecule has 20 heavy (non-hydrogen) atoms. The van der Waals surface area contributed by atoms with Gasteiger partial charge in [-0.2, -0.15) is 0 Å². The predicted molar refractivity (Wildman–Crippen MR) is 87.6 cm³/mol. The minimum absolute atomic E-state index is 0.232. The summed E-state index contributed by atoms with van der Waals surface area (Å²) in [7, 11) is 0. The van der Waals surface area contributed by atoms with Gasteiger partial charge in [-0.25, -0.2) is 0 Å². The lowest BCUT2D eigenvalue weighted by Crippen LogP contribution is -2.29. The molecule has 2 aromatic rings. The average Bonchev–Trinajstić information content (AvgIpc) is 2.40. The molecule has 0 aliphatic rings. The summed E-state index contributed by atoms with van der Waals surface area (Å²) in [5, 5.41) is 1.16. The van der Waals surface area contributed by atoms with Crippen molar-refractivity contribution in [2.24, 2.45) is 5.73 Å². The van der Waals surface area contributed by atoms with Crippen LogP contribution in [0.15, 0.2) is 46.9 Å². The number of hydrogen-bond acceptors (Lipinski definition) is 2. The van der Waals surface area contributed by atoms with E-state index in [1.54, 1.807) is 6.07 Å². The van der Waals surface area contributed by atoms with Gasteiger partial charge < -0.3 is 10.5 Å². The summed E-state index contributed by atoms with van der Waals surface area (Å²) >= 11 is 15.8. The highest BCUT2D eigenvalue weighted by Crippen LogP contribution is 2.34. The van der Waals surface area contributed by atoms with E-state index in [0.29, 0.717) is 15.8 Å². The molecular weight excluding hydrogens is 361 g/mol. The molecule has 5 heteroatoms. The van der Waals surface area contributed by atoms with Gasteiger partial charge in [-0.15, -0.1) is 0 Å². The molecule has 0 aliphatic carbocycles. The van der Waals surface area contributed by atoms with E-state index in [1.165, 1.54) is 0 Å². The Hall–Kier alpha value is -0.740. The quantitative estimate of drug-likeness (QED) is 0.795. The van der Waals surface area contributed by atoms with Crippen LogP contribution in [0, 0.1) is 0 Å². The van der Waals surface area contributed by atoms with E-state index in [9.17, 15) is 0 Å². The van der Waals surface area contributed by atoms with E-state index in [4.69, 9.17) is 33.7 Å². The molecule has 0 saturated heterocycles. The van der Waals surface area contributed by atoms with Crippen LogP contribution in [0.1, 0.15) is 18.6 Å². The molecular formula is C15H14BrCl2NO. The molecule has 106 valence electrons. The second kappa shape index (κ2) is 6.81. The Balaban J connectivity index is 2.36. The van der Waals surface area contributed by atoms with Gasteiger partial charge in [0, 0.05) is 21.1 Å². The maximum Gasteiger partial charge on any atom is 0.140 e. The molecule has 2 atom stereocenters. The minimum atomic E-state index is -0.365. The largest absolute Gasteiger partial charge is 0.482 e. The molecule has 0 aliphatic heterocycles. The van der Waals surface area contributed by atoms with Crippen LogP contribution in [0.3, 0.4) is 0 Å². The standard InChI is InChI=1S/C15H14BrCl2NO/c1-9(19)15(11-4-2-3-5-12(11)17)20-14-8-10(16)6-7-13(14)18/h2-9,15H,19H2,1H3. The molecule has 2 unspecified atom stereocenters. The van der Waals surface area contributed by atoms with Crippen LogP contribution < -0.4 is 10.5 Å². The van der Waals surface area contributed by atoms with Gasteiger partial charge in [0.15, 0.2) is 0 Å². The van der Waals surface area contributed by atoms with Crippen LogP contribution >= 0.6 is 39.1 Å². The summed E-state index contributed by atoms with van der Waals surface area (Å²) in [6, 6.07) is 12.7. The van der Waals surface area contributed by atoms with E-state index < -0.39 is 0 Å². The molecule has 2 rings (SSSR count). The zero-order valence-corrected chi connectivity index (χ0v) is 13.9. The first-order valence-electron chi connectivity index (χ1n) is 6.10. The summed E-state index contributed by atoms with van der Waals surface area (Å²) in [5.74, 6) is 0.572. The highest BCUT2D eigenvalue weighted by atomic mass is 79.9. The topological polar surface area (TPSA) is 35.2 Å². The summed E-state index contributed by atoms with van der Waals surface area (Å²) in [5.41, 5.74) is 6.88. The Morgan fingerprint density at radius 1 is 1.10 bits per heavy atom. The fraction of sp³-hybridized carbons (Fsp3) is 0.200. The first-order valence-corrected chi connectivity index (χ1v) is 7.65. The van der Waals surface area contributed by atoms with Crippen molar-refractivity contribution in [1.82, 2.24) is 0 Å². The zero-order valence-electron chi connectivity index (χ0n) is 10.8. The fourth-order valence-corrected chi connectivity index (χ4v) is 2.61. The van der Waals surface area contributed by atoms with Gasteiger partial charge in [0.2, 0.25) is 0 Å². The summed E-state index contributed by atoms with van der Waals surface area (Å²) in [6.45, 7) is 1.87. The van der Waals surface area contributed by atoms with E-state index in [0.717, 1.165) is 10.0 Å². The second-order valence-electron chi connectivity index (χ2n) is 4.49. The number of nitrogens with two attached hydrogens (primary N) is 1. The molecule has 0 aromatic heterocycles. The minimum Gasteiger partial charge on any atom is -0.482 e. The van der Waals surface area contributed by atoms with Crippen molar-refractivity contribution in [3.8, 4) is 5.75 Å². The van der Waals surface area contributed by atoms with Crippen LogP contribution in [-0.2, 0) is 0 Å². The van der Waals surface area contributed by atoms with Crippen molar-refractivity contribution in [2.75, 3.05) is 0 Å². The van der Waals surface area contributed by atoms with Crippen LogP contribution in [-0.4, -0.2) is 6.04 Å². The lowest BCUT2D eigenvalue weighted by atomic mass is 10.0. The highest BCUT2D eigenvalue weighted by molar-refractivity contribution is 9.10. The van der Waals surface area contributed by atoms with Crippen molar-refractivity contribution < 1.29 is 4.74 Å². The van der Waals surface area contributed by atoms with Crippen molar-refractivity contribution in [3.05, 3.63) is 62.5 Å². The predicted octanol–water partition coefficient (Wildman–Crippen LogP) is 5.22. The summed E-state index contributed by atoms with van der Waals surface area (Å²) in [4.78, 5) is 0. The normalized spacial score (nSPS) is 13.8. The lowest BCUT2D eigenvalue weighted by molar-refractivity contribution is 0.180. The fourth-order valence-electron chi connectivity index (χ4n) is 1.86. The number of benzene rings is 2. The maximum atomic E-state index is 6.22. The summed E-state index contributed by atoms with van der Waals surface area (Å²) < 4.78 is 6.87. The van der Waals surface area contributed by atoms with Crippen LogP contribution in [0.25, 0.3) is 0 Å². The SMILES string of the molecule is CC(N)C(Oc1cc(Br)ccc1Cl)c1ccccc1Cl. The number of rotatable bonds is 4. The third-order valence-corrected chi connectivity index (χ3v) is 3.99. The van der Waals surface area contributed by atoms with Gasteiger partial charge in [-0.05, 0) is 31.2 Å². The zero-order chi connectivity index (χ0) is 14.7. The van der Waals surface area contributed by atoms with Crippen molar-refractivity contribution >= 4 is 39.1 Å². The smallest absolute Gasteiger partial charge is 0.140 e. The molecule has 0 fully saturated rings. The molecule has 0 bridgehead atoms. The maximum absolute atomic E-state index is 6.22. The van der Waals surface area contributed by atoms with Crippen LogP contribution in [0.2, 0.25) is 10.0 Å². The van der Waals surface area contributed by atoms with E-state index >= 15 is 0 Å². The third kappa shape index (κ3) is 3.67. The lowest BCUT2D eigenvalue weighted by Gasteiger charge is -2.24. The molecule has 2 N–H and O–H groups in total. The van der Waals surface area contributed by atoms with Crippen molar-refractivity contribution in [1.29, 1.82) is 0 Å². The van der Waals surface area contributed by atoms with Crippen LogP contribution in [0.5, 0.6) is 5.75 Å². The first kappa shape index (κ1) is 15.6. The number of hydrogen-bond donors (Lipinski definition) is 1. The highest BCUT2D eigenvalue weighted by Gasteiger charge is 2.21. The Labute approximate surface area is 137 Å². The Morgan fingerprint density at radius 2 is 1.80 bits per heavy atom. The molecule has 0 saturated carbocycles. The Morgan fingerprint density at radius 3 is 2.45 bits per heavy atom. The Kier molecular flexibility index (Phi) is 5.33. The van der Waals surface area contributed by atoms with Gasteiger partial charge in [0.25, 0.3) is 0 Å². The van der Waals surface area contributed by atoms with Gasteiger partial charge in [0.05, 0.1) is 5.02 Å². The summed E-state index contributed by atoms with van der Waals surface area (Å²) in [6.07, 6.45) is -0.365. The Bertz CT molecular complexity index is 604. The number of halogens is 3. The monoisotopic (exact) mass is 373 g/mol. The molecule has 2 aromatic carbocycles. The van der Waals surface area contributed by atoms with Crippen LogP contribution in [0.4, 0.5) is 0 Å². The van der Waals surface area contributed by atoms with Gasteiger partial charge in [-0.1, -0.05) is 57.3 Å². The first-order chi connectivity index (χ1) is 9.49. The van der Waals surface area contributed by atoms with Gasteiger partial charge in [-0.3, -0.25) is 0 Å². The van der Waals surface area contributed by atoms with E-state index in [2.05, 4.69) is 15.9 Å². The average molecular weight is 375 g/mol. The second-order valence-corrected chi connectivity index (χ2v) is 6.22. The van der Waals surface area contributed by atoms with Gasteiger partial charge in [0.1, 0.15) is 11.9 Å². The van der Waals surface area contributed by atoms with Crippen molar-refractivity contribution in [3.63, 3.8) is 0 Å². The molecule has 0 spiro atoms. The third-order valence-electron chi connectivity index (χ3n) is 2.84. The van der Waals surface area contributed by atoms with E-state index in [-0.39, 0.29) is 12.1 Å². The molecule has 0 radical (unpaired) electrons. The van der Waals surface area contributed by atoms with Crippen molar-refractivity contribution in [2.45, 2.75) is 19.1 Å². The number of ether oxygens (including phenoxy) is 1. The molecule has 2 nitrogen and oxygen atoms in total. The molecule has 0 heterocycles.